The molecule has 0 radical (unpaired) electrons. The number of hydrogen-bond acceptors (Lipinski definition) is 5. The Morgan fingerprint density at radius 3 is 2.54 bits per heavy atom. The predicted octanol–water partition coefficient (Wildman–Crippen LogP) is 6.13. The second-order valence-corrected chi connectivity index (χ2v) is 10.3. The third-order valence-corrected chi connectivity index (χ3v) is 7.33. The second-order valence-electron chi connectivity index (χ2n) is 10.3. The van der Waals surface area contributed by atoms with E-state index in [1.165, 1.54) is 5.56 Å². The van der Waals surface area contributed by atoms with Gasteiger partial charge in [-0.3, -0.25) is 4.79 Å². The van der Waals surface area contributed by atoms with Crippen molar-refractivity contribution in [3.05, 3.63) is 41.5 Å². The summed E-state index contributed by atoms with van der Waals surface area (Å²) in [6.45, 7) is 9.39. The van der Waals surface area contributed by atoms with Gasteiger partial charge in [0, 0.05) is 36.3 Å². The van der Waals surface area contributed by atoms with E-state index in [2.05, 4.69) is 43.0 Å². The number of aromatic nitrogens is 1. The zero-order valence-corrected chi connectivity index (χ0v) is 22.4. The summed E-state index contributed by atoms with van der Waals surface area (Å²) in [7, 11) is 4.04. The Morgan fingerprint density at radius 2 is 1.97 bits per heavy atom. The second kappa shape index (κ2) is 12.4. The molecule has 1 saturated carbocycles. The predicted molar refractivity (Wildman–Crippen MR) is 144 cm³/mol. The molecule has 0 N–H and O–H groups in total. The van der Waals surface area contributed by atoms with Gasteiger partial charge in [-0.25, -0.2) is 4.98 Å². The smallest absolute Gasteiger partial charge is 0.213 e. The summed E-state index contributed by atoms with van der Waals surface area (Å²) in [5.41, 5.74) is 4.27. The summed E-state index contributed by atoms with van der Waals surface area (Å²) in [5, 5.41) is 1.05. The Hall–Kier alpha value is -2.53. The summed E-state index contributed by atoms with van der Waals surface area (Å²) < 4.78 is 5.89. The van der Waals surface area contributed by atoms with Crippen LogP contribution in [0.1, 0.15) is 70.9 Å². The first-order chi connectivity index (χ1) is 16.8. The van der Waals surface area contributed by atoms with Gasteiger partial charge >= 0.3 is 0 Å². The first-order valence-corrected chi connectivity index (χ1v) is 13.2. The van der Waals surface area contributed by atoms with Crippen molar-refractivity contribution in [3.8, 4) is 5.88 Å². The normalized spacial score (nSPS) is 19.0. The molecular weight excluding hydrogens is 436 g/mol. The third-order valence-electron chi connectivity index (χ3n) is 7.33. The third kappa shape index (κ3) is 6.58. The maximum atomic E-state index is 13.8. The summed E-state index contributed by atoms with van der Waals surface area (Å²) in [6, 6.07) is 8.24. The van der Waals surface area contributed by atoms with E-state index < -0.39 is 0 Å². The van der Waals surface area contributed by atoms with E-state index in [0.29, 0.717) is 37.0 Å². The number of nitrogens with zero attached hydrogens (tertiary/aromatic N) is 2. The summed E-state index contributed by atoms with van der Waals surface area (Å²) >= 11 is 0. The van der Waals surface area contributed by atoms with Crippen molar-refractivity contribution in [2.24, 2.45) is 17.8 Å². The average molecular weight is 479 g/mol. The first-order valence-electron chi connectivity index (χ1n) is 13.2. The van der Waals surface area contributed by atoms with E-state index in [1.807, 2.05) is 27.1 Å². The van der Waals surface area contributed by atoms with Crippen LogP contribution in [0.3, 0.4) is 0 Å². The number of allylic oxidation sites excluding steroid dienone is 2. The lowest BCUT2D eigenvalue weighted by Gasteiger charge is -2.36. The molecule has 1 fully saturated rings. The molecule has 3 atom stereocenters. The number of ketones is 2. The Balaban J connectivity index is 2.06. The fraction of sp³-hybridized carbons (Fsp3) is 0.567. The number of carbonyl (C=O) groups excluding carboxylic acids is 2. The highest BCUT2D eigenvalue weighted by Crippen LogP contribution is 2.42. The molecule has 1 aliphatic rings. The van der Waals surface area contributed by atoms with Crippen LogP contribution in [0.2, 0.25) is 0 Å². The van der Waals surface area contributed by atoms with Crippen molar-refractivity contribution in [2.45, 2.75) is 66.2 Å². The van der Waals surface area contributed by atoms with Crippen molar-refractivity contribution in [1.29, 1.82) is 0 Å². The zero-order valence-electron chi connectivity index (χ0n) is 22.4. The van der Waals surface area contributed by atoms with E-state index >= 15 is 0 Å². The van der Waals surface area contributed by atoms with Crippen LogP contribution < -0.4 is 4.74 Å². The topological polar surface area (TPSA) is 59.5 Å². The van der Waals surface area contributed by atoms with Gasteiger partial charge in [0.15, 0.2) is 0 Å². The standard InChI is InChI=1S/C30H42N2O3/c1-7-9-22-12-16-27-26(15-17-28(31-27)35-19-18-32(5)6)29(22)23(8-2)25(14-11-21(4)33)30(34)24-13-10-20(24)3/h8,12,15-17,20,24-25H,7,9-11,13-14,18-19H2,1-6H3/b23-8-. The van der Waals surface area contributed by atoms with Gasteiger partial charge in [-0.05, 0) is 88.4 Å². The van der Waals surface area contributed by atoms with Gasteiger partial charge in [0.2, 0.25) is 5.88 Å². The molecule has 0 aliphatic heterocycles. The quantitative estimate of drug-likeness (QED) is 0.346. The molecule has 3 unspecified atom stereocenters. The maximum absolute atomic E-state index is 13.8. The largest absolute Gasteiger partial charge is 0.476 e. The Bertz CT molecular complexity index is 1070. The van der Waals surface area contributed by atoms with Crippen LogP contribution in [0.5, 0.6) is 5.88 Å². The lowest BCUT2D eigenvalue weighted by molar-refractivity contribution is -0.130. The lowest BCUT2D eigenvalue weighted by atomic mass is 9.67. The number of carbonyl (C=O) groups is 2. The SMILES string of the molecule is C/C=C(\c1c(CCC)ccc2nc(OCCN(C)C)ccc12)C(CCC(C)=O)C(=O)C1CCC1C. The number of ether oxygens (including phenoxy) is 1. The molecule has 0 amide bonds. The number of pyridine rings is 1. The Morgan fingerprint density at radius 1 is 1.20 bits per heavy atom. The van der Waals surface area contributed by atoms with Gasteiger partial charge in [0.25, 0.3) is 0 Å². The minimum absolute atomic E-state index is 0.0985. The molecular formula is C30H42N2O3. The van der Waals surface area contributed by atoms with Gasteiger partial charge < -0.3 is 14.4 Å². The highest BCUT2D eigenvalue weighted by atomic mass is 16.5. The van der Waals surface area contributed by atoms with Crippen molar-refractivity contribution < 1.29 is 14.3 Å². The van der Waals surface area contributed by atoms with E-state index in [9.17, 15) is 9.59 Å². The molecule has 1 aromatic carbocycles. The van der Waals surface area contributed by atoms with Crippen LogP contribution in [0.4, 0.5) is 0 Å². The molecule has 2 aromatic rings. The molecule has 1 aromatic heterocycles. The Kier molecular flexibility index (Phi) is 9.62. The fourth-order valence-electron chi connectivity index (χ4n) is 5.13. The van der Waals surface area contributed by atoms with E-state index in [1.54, 1.807) is 6.92 Å². The molecule has 0 spiro atoms. The summed E-state index contributed by atoms with van der Waals surface area (Å²) in [4.78, 5) is 32.6. The average Bonchev–Trinajstić information content (AvgIpc) is 2.80. The fourth-order valence-corrected chi connectivity index (χ4v) is 5.13. The highest BCUT2D eigenvalue weighted by molar-refractivity contribution is 6.02. The lowest BCUT2D eigenvalue weighted by Crippen LogP contribution is -2.36. The number of Topliss-reactive ketones (excluding diaryl/α,β-unsaturated/α-hetero) is 2. The number of likely N-dealkylation sites (N-methyl/N-ethyl adjacent to an activating group) is 1. The molecule has 3 rings (SSSR count). The van der Waals surface area contributed by atoms with Gasteiger partial charge in [-0.2, -0.15) is 0 Å². The van der Waals surface area contributed by atoms with Crippen LogP contribution in [-0.2, 0) is 16.0 Å². The van der Waals surface area contributed by atoms with Crippen LogP contribution in [0.15, 0.2) is 30.3 Å². The molecule has 1 heterocycles. The van der Waals surface area contributed by atoms with Crippen LogP contribution >= 0.6 is 0 Å². The van der Waals surface area contributed by atoms with Crippen LogP contribution in [0.25, 0.3) is 16.5 Å². The van der Waals surface area contributed by atoms with Crippen molar-refractivity contribution >= 4 is 28.0 Å². The zero-order chi connectivity index (χ0) is 25.5. The van der Waals surface area contributed by atoms with Crippen LogP contribution in [-0.4, -0.2) is 48.7 Å². The van der Waals surface area contributed by atoms with E-state index in [4.69, 9.17) is 9.72 Å². The molecule has 1 aliphatic carbocycles. The molecule has 35 heavy (non-hydrogen) atoms. The number of benzene rings is 1. The van der Waals surface area contributed by atoms with Gasteiger partial charge in [-0.15, -0.1) is 0 Å². The molecule has 190 valence electrons. The van der Waals surface area contributed by atoms with Crippen LogP contribution in [0, 0.1) is 17.8 Å². The molecule has 0 bridgehead atoms. The molecule has 0 saturated heterocycles. The maximum Gasteiger partial charge on any atom is 0.213 e. The van der Waals surface area contributed by atoms with Gasteiger partial charge in [-0.1, -0.05) is 32.4 Å². The number of fused-ring (bicyclic) bond motifs is 1. The van der Waals surface area contributed by atoms with Gasteiger partial charge in [0.1, 0.15) is 18.2 Å². The van der Waals surface area contributed by atoms with Gasteiger partial charge in [0.05, 0.1) is 5.52 Å². The summed E-state index contributed by atoms with van der Waals surface area (Å²) in [6.07, 6.45) is 7.10. The minimum Gasteiger partial charge on any atom is -0.476 e. The summed E-state index contributed by atoms with van der Waals surface area (Å²) in [5.74, 6) is 1.30. The highest BCUT2D eigenvalue weighted by Gasteiger charge is 2.38. The number of hydrogen-bond donors (Lipinski definition) is 0. The number of rotatable bonds is 13. The number of aryl methyl sites for hydroxylation is 1. The molecule has 5 heteroatoms. The van der Waals surface area contributed by atoms with Crippen molar-refractivity contribution in [1.82, 2.24) is 9.88 Å². The Labute approximate surface area is 210 Å². The first kappa shape index (κ1) is 27.1. The van der Waals surface area contributed by atoms with Crippen molar-refractivity contribution in [2.75, 3.05) is 27.2 Å². The molecule has 5 nitrogen and oxygen atoms in total. The van der Waals surface area contributed by atoms with E-state index in [-0.39, 0.29) is 17.6 Å². The van der Waals surface area contributed by atoms with Crippen molar-refractivity contribution in [3.63, 3.8) is 0 Å². The monoisotopic (exact) mass is 478 g/mol. The minimum atomic E-state index is -0.270. The van der Waals surface area contributed by atoms with E-state index in [0.717, 1.165) is 54.3 Å².